The Bertz CT molecular complexity index is 462. The Hall–Kier alpha value is -1.56. The Balaban J connectivity index is 2.71. The van der Waals surface area contributed by atoms with Crippen molar-refractivity contribution in [3.05, 3.63) is 29.3 Å². The summed E-state index contributed by atoms with van der Waals surface area (Å²) in [4.78, 5) is 10.6. The molecule has 0 spiro atoms. The topological polar surface area (TPSA) is 35.5 Å². The van der Waals surface area contributed by atoms with Crippen LogP contribution in [0.5, 0.6) is 5.75 Å². The zero-order valence-corrected chi connectivity index (χ0v) is 11.6. The third kappa shape index (κ3) is 5.21. The Morgan fingerprint density at radius 2 is 1.80 bits per heavy atom. The number of carbonyl (C=O) groups is 1. The Kier molecular flexibility index (Phi) is 5.16. The van der Waals surface area contributed by atoms with Crippen molar-refractivity contribution in [1.82, 2.24) is 0 Å². The predicted molar refractivity (Wildman–Crippen MR) is 68.0 cm³/mol. The molecule has 0 aliphatic heterocycles. The zero-order valence-electron chi connectivity index (χ0n) is 11.6. The molecule has 0 heterocycles. The fraction of sp³-hybridized carbons (Fsp3) is 0.500. The van der Waals surface area contributed by atoms with Gasteiger partial charge < -0.3 is 9.47 Å². The molecule has 0 bridgehead atoms. The number of rotatable bonds is 5. The molecule has 1 rings (SSSR count). The largest absolute Gasteiger partial charge is 0.491 e. The lowest BCUT2D eigenvalue weighted by Crippen LogP contribution is -2.22. The quantitative estimate of drug-likeness (QED) is 0.612. The summed E-state index contributed by atoms with van der Waals surface area (Å²) in [5.74, 6) is 0.0560. The Morgan fingerprint density at radius 1 is 1.15 bits per heavy atom. The predicted octanol–water partition coefficient (Wildman–Crippen LogP) is 3.71. The molecule has 0 aliphatic rings. The maximum atomic E-state index is 12.7. The maximum Gasteiger partial charge on any atom is 0.417 e. The number of ether oxygens (including phenoxy) is 2. The molecular formula is C14H17F3O3. The van der Waals surface area contributed by atoms with Gasteiger partial charge in [-0.3, -0.25) is 4.79 Å². The minimum atomic E-state index is -4.59. The van der Waals surface area contributed by atoms with E-state index in [0.717, 1.165) is 12.1 Å². The molecule has 6 heteroatoms. The van der Waals surface area contributed by atoms with Gasteiger partial charge in [0.15, 0.2) is 6.29 Å². The number of hydrogen-bond donors (Lipinski definition) is 0. The first kappa shape index (κ1) is 16.5. The first-order chi connectivity index (χ1) is 9.13. The van der Waals surface area contributed by atoms with E-state index in [4.69, 9.17) is 9.47 Å². The summed E-state index contributed by atoms with van der Waals surface area (Å²) in [5, 5.41) is 0. The highest BCUT2D eigenvalue weighted by molar-refractivity contribution is 5.78. The van der Waals surface area contributed by atoms with E-state index in [1.807, 2.05) is 20.8 Å². The van der Waals surface area contributed by atoms with Crippen molar-refractivity contribution in [3.63, 3.8) is 0 Å². The molecule has 0 N–H and O–H groups in total. The van der Waals surface area contributed by atoms with Crippen molar-refractivity contribution in [3.8, 4) is 5.75 Å². The Labute approximate surface area is 115 Å². The molecule has 0 atom stereocenters. The molecule has 0 unspecified atom stereocenters. The molecular weight excluding hydrogens is 273 g/mol. The van der Waals surface area contributed by atoms with Crippen LogP contribution in [0, 0.1) is 0 Å². The van der Waals surface area contributed by atoms with Gasteiger partial charge in [0, 0.05) is 5.56 Å². The van der Waals surface area contributed by atoms with Gasteiger partial charge in [0.25, 0.3) is 0 Å². The summed E-state index contributed by atoms with van der Waals surface area (Å²) in [6, 6.07) is 3.24. The van der Waals surface area contributed by atoms with Crippen LogP contribution in [0.3, 0.4) is 0 Å². The van der Waals surface area contributed by atoms with Crippen molar-refractivity contribution in [2.75, 3.05) is 13.2 Å². The fourth-order valence-electron chi connectivity index (χ4n) is 1.48. The Morgan fingerprint density at radius 3 is 2.30 bits per heavy atom. The monoisotopic (exact) mass is 290 g/mol. The highest BCUT2D eigenvalue weighted by Gasteiger charge is 2.33. The number of alkyl halides is 3. The van der Waals surface area contributed by atoms with Crippen molar-refractivity contribution in [2.45, 2.75) is 32.5 Å². The van der Waals surface area contributed by atoms with E-state index < -0.39 is 17.3 Å². The SMILES string of the molecule is CC(C)(C)OCCOc1ccc(C=O)c(C(F)(F)F)c1. The summed E-state index contributed by atoms with van der Waals surface area (Å²) in [6.45, 7) is 6.00. The number of carbonyl (C=O) groups excluding carboxylic acids is 1. The van der Waals surface area contributed by atoms with Crippen molar-refractivity contribution in [1.29, 1.82) is 0 Å². The maximum absolute atomic E-state index is 12.7. The summed E-state index contributed by atoms with van der Waals surface area (Å²) in [5.41, 5.74) is -1.74. The van der Waals surface area contributed by atoms with Crippen LogP contribution in [0.4, 0.5) is 13.2 Å². The lowest BCUT2D eigenvalue weighted by Gasteiger charge is -2.19. The van der Waals surface area contributed by atoms with Crippen molar-refractivity contribution in [2.24, 2.45) is 0 Å². The minimum absolute atomic E-state index is 0.0560. The van der Waals surface area contributed by atoms with Crippen LogP contribution in [0.25, 0.3) is 0 Å². The summed E-state index contributed by atoms with van der Waals surface area (Å²) < 4.78 is 48.7. The molecule has 112 valence electrons. The molecule has 1 aromatic rings. The molecule has 0 saturated carbocycles. The standard InChI is InChI=1S/C14H17F3O3/c1-13(2,3)20-7-6-19-11-5-4-10(9-18)12(8-11)14(15,16)17/h4-5,8-9H,6-7H2,1-3H3. The number of aldehydes is 1. The van der Waals surface area contributed by atoms with Gasteiger partial charge >= 0.3 is 6.18 Å². The second kappa shape index (κ2) is 6.26. The summed E-state index contributed by atoms with van der Waals surface area (Å²) in [6.07, 6.45) is -4.41. The van der Waals surface area contributed by atoms with E-state index in [2.05, 4.69) is 0 Å². The van der Waals surface area contributed by atoms with Crippen molar-refractivity contribution < 1.29 is 27.4 Å². The van der Waals surface area contributed by atoms with Gasteiger partial charge in [0.05, 0.1) is 17.8 Å². The third-order valence-electron chi connectivity index (χ3n) is 2.34. The van der Waals surface area contributed by atoms with Crippen molar-refractivity contribution >= 4 is 6.29 Å². The molecule has 0 saturated heterocycles. The zero-order chi connectivity index (χ0) is 15.4. The minimum Gasteiger partial charge on any atom is -0.491 e. The second-order valence-electron chi connectivity index (χ2n) is 5.17. The lowest BCUT2D eigenvalue weighted by molar-refractivity contribution is -0.137. The van der Waals surface area contributed by atoms with Crippen LogP contribution in [-0.2, 0) is 10.9 Å². The van der Waals surface area contributed by atoms with Gasteiger partial charge in [-0.05, 0) is 39.0 Å². The van der Waals surface area contributed by atoms with Gasteiger partial charge in [-0.2, -0.15) is 13.2 Å². The molecule has 3 nitrogen and oxygen atoms in total. The molecule has 20 heavy (non-hydrogen) atoms. The first-order valence-electron chi connectivity index (χ1n) is 6.06. The van der Waals surface area contributed by atoms with Crippen LogP contribution in [0.15, 0.2) is 18.2 Å². The first-order valence-corrected chi connectivity index (χ1v) is 6.06. The number of halogens is 3. The number of hydrogen-bond acceptors (Lipinski definition) is 3. The van der Waals surface area contributed by atoms with E-state index in [0.29, 0.717) is 0 Å². The third-order valence-corrected chi connectivity index (χ3v) is 2.34. The average Bonchev–Trinajstić information content (AvgIpc) is 2.32. The van der Waals surface area contributed by atoms with E-state index in [-0.39, 0.29) is 30.9 Å². The van der Waals surface area contributed by atoms with E-state index in [1.54, 1.807) is 0 Å². The fourth-order valence-corrected chi connectivity index (χ4v) is 1.48. The molecule has 0 radical (unpaired) electrons. The lowest BCUT2D eigenvalue weighted by atomic mass is 10.1. The molecule has 0 fully saturated rings. The van der Waals surface area contributed by atoms with Crippen LogP contribution in [0.1, 0.15) is 36.7 Å². The van der Waals surface area contributed by atoms with Crippen LogP contribution in [-0.4, -0.2) is 25.1 Å². The normalized spacial score (nSPS) is 12.3. The van der Waals surface area contributed by atoms with Gasteiger partial charge in [-0.1, -0.05) is 0 Å². The summed E-state index contributed by atoms with van der Waals surface area (Å²) in [7, 11) is 0. The van der Waals surface area contributed by atoms with Crippen LogP contribution in [0.2, 0.25) is 0 Å². The molecule has 0 amide bonds. The van der Waals surface area contributed by atoms with Gasteiger partial charge in [-0.15, -0.1) is 0 Å². The molecule has 0 aliphatic carbocycles. The van der Waals surface area contributed by atoms with Gasteiger partial charge in [0.2, 0.25) is 0 Å². The van der Waals surface area contributed by atoms with Gasteiger partial charge in [0.1, 0.15) is 12.4 Å². The van der Waals surface area contributed by atoms with Gasteiger partial charge in [-0.25, -0.2) is 0 Å². The molecule has 0 aromatic heterocycles. The summed E-state index contributed by atoms with van der Waals surface area (Å²) >= 11 is 0. The molecule has 1 aromatic carbocycles. The highest BCUT2D eigenvalue weighted by atomic mass is 19.4. The highest BCUT2D eigenvalue weighted by Crippen LogP contribution is 2.33. The van der Waals surface area contributed by atoms with Crippen LogP contribution < -0.4 is 4.74 Å². The van der Waals surface area contributed by atoms with E-state index in [1.165, 1.54) is 6.07 Å². The van der Waals surface area contributed by atoms with E-state index in [9.17, 15) is 18.0 Å². The second-order valence-corrected chi connectivity index (χ2v) is 5.17. The average molecular weight is 290 g/mol. The smallest absolute Gasteiger partial charge is 0.417 e. The van der Waals surface area contributed by atoms with E-state index >= 15 is 0 Å². The number of benzene rings is 1. The van der Waals surface area contributed by atoms with Crippen LogP contribution >= 0.6 is 0 Å².